The Balaban J connectivity index is 2.46. The zero-order valence-electron chi connectivity index (χ0n) is 18.5. The first-order chi connectivity index (χ1) is 17.1. The molecule has 0 radical (unpaired) electrons. The first-order valence-electron chi connectivity index (χ1n) is 9.47. The third-order valence-electron chi connectivity index (χ3n) is 3.48. The molecule has 26 heteroatoms. The summed E-state index contributed by atoms with van der Waals surface area (Å²) >= 11 is 0. The van der Waals surface area contributed by atoms with Gasteiger partial charge in [0.1, 0.15) is 0 Å². The Labute approximate surface area is 212 Å². The van der Waals surface area contributed by atoms with Crippen LogP contribution in [0.3, 0.4) is 0 Å². The van der Waals surface area contributed by atoms with Crippen molar-refractivity contribution in [3.8, 4) is 0 Å². The molecule has 7 N–H and O–H groups in total. The number of hydrogen-bond donors (Lipinski definition) is 7. The molecule has 4 atom stereocenters. The van der Waals surface area contributed by atoms with Gasteiger partial charge in [0.2, 0.25) is 0 Å². The molecule has 0 saturated carbocycles. The number of nitro groups is 1. The van der Waals surface area contributed by atoms with Gasteiger partial charge in [0.25, 0.3) is 5.69 Å². The summed E-state index contributed by atoms with van der Waals surface area (Å²) in [5.74, 6) is -0.351. The molecule has 0 saturated heterocycles. The van der Waals surface area contributed by atoms with Gasteiger partial charge in [-0.3, -0.25) is 19.4 Å². The molecule has 0 fully saturated rings. The smallest absolute Gasteiger partial charge is 0.378 e. The Bertz CT molecular complexity index is 1250. The number of ketones is 1. The fraction of sp³-hybridized carbons (Fsp3) is 0.417. The molecule has 4 unspecified atom stereocenters. The van der Waals surface area contributed by atoms with Crippen molar-refractivity contribution in [3.05, 3.63) is 34.4 Å². The normalized spacial score (nSPS) is 18.4. The minimum Gasteiger partial charge on any atom is -0.378 e. The second kappa shape index (κ2) is 13.9. The molecular formula is C12H21N2O19P5. The molecular weight excluding hydrogens is 631 g/mol. The van der Waals surface area contributed by atoms with Crippen molar-refractivity contribution in [1.29, 1.82) is 0 Å². The van der Waals surface area contributed by atoms with Crippen molar-refractivity contribution in [2.24, 2.45) is 0 Å². The average molecular weight is 652 g/mol. The van der Waals surface area contributed by atoms with Crippen LogP contribution in [-0.2, 0) is 49.4 Å². The Hall–Kier alpha value is -1.20. The standard InChI is InChI=1S/C12H21N2O19P5/c15-12(9-13-10-4-3-5-11(8-10)14(16)17)6-1-2-7-29-35(21,22)31-37(25,26)33-38(27,28)32-36(23,24)30-34(18,19)20/h3-5,8,13H,1-2,6-7,9H2,(H,21,22)(H,23,24)(H,25,26)(H,27,28)(H2,18,19,20). The van der Waals surface area contributed by atoms with E-state index in [0.29, 0.717) is 5.69 Å². The average Bonchev–Trinajstić information content (AvgIpc) is 2.67. The first kappa shape index (κ1) is 34.8. The molecule has 1 rings (SSSR count). The summed E-state index contributed by atoms with van der Waals surface area (Å²) in [5.41, 5.74) is 0.128. The van der Waals surface area contributed by atoms with Crippen molar-refractivity contribution in [3.63, 3.8) is 0 Å². The highest BCUT2D eigenvalue weighted by Crippen LogP contribution is 2.73. The van der Waals surface area contributed by atoms with Crippen molar-refractivity contribution < 1.29 is 83.7 Å². The van der Waals surface area contributed by atoms with E-state index in [0.717, 1.165) is 0 Å². The second-order valence-electron chi connectivity index (χ2n) is 6.68. The lowest BCUT2D eigenvalue weighted by atomic mass is 10.2. The summed E-state index contributed by atoms with van der Waals surface area (Å²) in [5, 5.41) is 13.4. The van der Waals surface area contributed by atoms with Gasteiger partial charge in [-0.15, -0.1) is 0 Å². The number of benzene rings is 1. The molecule has 21 nitrogen and oxygen atoms in total. The maximum Gasteiger partial charge on any atom is 0.490 e. The van der Waals surface area contributed by atoms with Crippen LogP contribution >= 0.6 is 39.1 Å². The van der Waals surface area contributed by atoms with E-state index >= 15 is 0 Å². The van der Waals surface area contributed by atoms with Crippen LogP contribution in [0.4, 0.5) is 11.4 Å². The number of unbranched alkanes of at least 4 members (excludes halogenated alkanes) is 1. The van der Waals surface area contributed by atoms with Gasteiger partial charge in [0.05, 0.1) is 18.1 Å². The predicted molar refractivity (Wildman–Crippen MR) is 122 cm³/mol. The highest BCUT2D eigenvalue weighted by Gasteiger charge is 2.47. The van der Waals surface area contributed by atoms with E-state index < -0.39 is 50.6 Å². The first-order valence-corrected chi connectivity index (χ1v) is 17.0. The molecule has 0 aliphatic heterocycles. The van der Waals surface area contributed by atoms with Crippen molar-refractivity contribution in [2.45, 2.75) is 19.3 Å². The molecule has 0 bridgehead atoms. The lowest BCUT2D eigenvalue weighted by Gasteiger charge is -2.19. The van der Waals surface area contributed by atoms with Crippen LogP contribution in [0, 0.1) is 10.1 Å². The van der Waals surface area contributed by atoms with E-state index in [-0.39, 0.29) is 37.3 Å². The van der Waals surface area contributed by atoms with Crippen LogP contribution in [0.2, 0.25) is 0 Å². The van der Waals surface area contributed by atoms with Gasteiger partial charge in [-0.05, 0) is 18.9 Å². The van der Waals surface area contributed by atoms with Gasteiger partial charge < -0.3 is 34.7 Å². The lowest BCUT2D eigenvalue weighted by Crippen LogP contribution is -2.13. The minimum absolute atomic E-state index is 0.0770. The molecule has 0 aromatic heterocycles. The van der Waals surface area contributed by atoms with Crippen LogP contribution in [0.15, 0.2) is 24.3 Å². The molecule has 0 spiro atoms. The molecule has 1 aromatic rings. The maximum atomic E-state index is 11.9. The Kier molecular flexibility index (Phi) is 12.8. The third-order valence-corrected chi connectivity index (χ3v) is 10.6. The fourth-order valence-electron chi connectivity index (χ4n) is 2.22. The molecule has 0 heterocycles. The van der Waals surface area contributed by atoms with Crippen molar-refractivity contribution >= 4 is 56.3 Å². The van der Waals surface area contributed by atoms with E-state index in [1.54, 1.807) is 0 Å². The number of rotatable bonds is 18. The van der Waals surface area contributed by atoms with Gasteiger partial charge in [0, 0.05) is 24.2 Å². The predicted octanol–water partition coefficient (Wildman–Crippen LogP) is 2.32. The minimum atomic E-state index is -6.18. The monoisotopic (exact) mass is 652 g/mol. The molecule has 0 aliphatic rings. The van der Waals surface area contributed by atoms with E-state index in [1.165, 1.54) is 24.3 Å². The molecule has 0 amide bonds. The van der Waals surface area contributed by atoms with Crippen LogP contribution in [-0.4, -0.2) is 53.2 Å². The maximum absolute atomic E-state index is 11.9. The highest BCUT2D eigenvalue weighted by atomic mass is 31.3. The van der Waals surface area contributed by atoms with E-state index in [9.17, 15) is 52.4 Å². The number of phosphoric acid groups is 5. The third kappa shape index (κ3) is 15.4. The summed E-state index contributed by atoms with van der Waals surface area (Å²) in [6, 6.07) is 5.37. The van der Waals surface area contributed by atoms with Gasteiger partial charge in [0.15, 0.2) is 5.78 Å². The number of nitrogens with zero attached hydrogens (tertiary/aromatic N) is 1. The molecule has 38 heavy (non-hydrogen) atoms. The topological polar surface area (TPSA) is 325 Å². The Morgan fingerprint density at radius 2 is 1.37 bits per heavy atom. The number of anilines is 1. The Morgan fingerprint density at radius 3 is 1.89 bits per heavy atom. The lowest BCUT2D eigenvalue weighted by molar-refractivity contribution is -0.384. The van der Waals surface area contributed by atoms with Gasteiger partial charge in [-0.25, -0.2) is 22.8 Å². The summed E-state index contributed by atoms with van der Waals surface area (Å²) in [6.45, 7) is -0.841. The van der Waals surface area contributed by atoms with E-state index in [4.69, 9.17) is 14.7 Å². The number of Topliss-reactive ketones (excluding diaryl/α,β-unsaturated/α-hetero) is 1. The molecule has 1 aromatic carbocycles. The number of carbonyl (C=O) groups excluding carboxylic acids is 1. The Morgan fingerprint density at radius 1 is 0.842 bits per heavy atom. The van der Waals surface area contributed by atoms with Gasteiger partial charge in [-0.1, -0.05) is 6.07 Å². The molecule has 218 valence electrons. The van der Waals surface area contributed by atoms with Crippen LogP contribution in [0.5, 0.6) is 0 Å². The zero-order chi connectivity index (χ0) is 29.4. The van der Waals surface area contributed by atoms with Crippen LogP contribution in [0.1, 0.15) is 19.3 Å². The van der Waals surface area contributed by atoms with Crippen molar-refractivity contribution in [1.82, 2.24) is 0 Å². The van der Waals surface area contributed by atoms with Crippen molar-refractivity contribution in [2.75, 3.05) is 18.5 Å². The highest BCUT2D eigenvalue weighted by molar-refractivity contribution is 7.71. The zero-order valence-corrected chi connectivity index (χ0v) is 23.0. The largest absolute Gasteiger partial charge is 0.490 e. The van der Waals surface area contributed by atoms with E-state index in [1.807, 2.05) is 0 Å². The van der Waals surface area contributed by atoms with Crippen LogP contribution in [0.25, 0.3) is 0 Å². The molecule has 0 aliphatic carbocycles. The number of hydrogen-bond acceptors (Lipinski definition) is 14. The number of phosphoric ester groups is 1. The van der Waals surface area contributed by atoms with E-state index in [2.05, 4.69) is 27.1 Å². The SMILES string of the molecule is O=C(CCCCOP(=O)(O)OP(=O)(O)OP(=O)(O)OP(=O)(O)OP(=O)(O)O)CNc1cccc([N+](=O)[O-])c1. The number of nitrogens with one attached hydrogen (secondary N) is 1. The van der Waals surface area contributed by atoms with Crippen LogP contribution < -0.4 is 5.32 Å². The number of carbonyl (C=O) groups is 1. The second-order valence-corrected chi connectivity index (χ2v) is 14.3. The quantitative estimate of drug-likeness (QED) is 0.0517. The van der Waals surface area contributed by atoms with Gasteiger partial charge in [-0.2, -0.15) is 17.2 Å². The number of non-ortho nitro benzene ring substituents is 1. The summed E-state index contributed by atoms with van der Waals surface area (Å²) in [4.78, 5) is 75.7. The summed E-state index contributed by atoms with van der Waals surface area (Å²) in [7, 11) is -29.5. The summed E-state index contributed by atoms with van der Waals surface area (Å²) < 4.78 is 74.7. The number of nitro benzene ring substituents is 1. The van der Waals surface area contributed by atoms with Gasteiger partial charge >= 0.3 is 39.1 Å². The fourth-order valence-corrected chi connectivity index (χ4v) is 8.13. The summed E-state index contributed by atoms with van der Waals surface area (Å²) in [6.07, 6.45) is -0.0811.